The Morgan fingerprint density at radius 2 is 0.818 bits per heavy atom. The lowest BCUT2D eigenvalue weighted by atomic mass is 10.0. The van der Waals surface area contributed by atoms with E-state index in [2.05, 4.69) is 79.6 Å². The Balaban J connectivity index is 1.56. The van der Waals surface area contributed by atoms with E-state index in [-0.39, 0.29) is 6.10 Å². The van der Waals surface area contributed by atoms with Crippen LogP contribution in [0.2, 0.25) is 0 Å². The van der Waals surface area contributed by atoms with Gasteiger partial charge >= 0.3 is 0 Å². The van der Waals surface area contributed by atoms with Crippen LogP contribution >= 0.6 is 0 Å². The van der Waals surface area contributed by atoms with Crippen molar-refractivity contribution in [3.05, 3.63) is 72.5 Å². The average Bonchev–Trinajstić information content (AvgIpc) is 3.05. The second kappa shape index (κ2) is 26.9. The quantitative estimate of drug-likeness (QED) is 0.0687. The molecule has 0 atom stereocenters. The summed E-state index contributed by atoms with van der Waals surface area (Å²) in [6.07, 6.45) is 31.7. The third-order valence-electron chi connectivity index (χ3n) is 8.90. The molecule has 0 aliphatic carbocycles. The van der Waals surface area contributed by atoms with Crippen LogP contribution < -0.4 is 10.6 Å². The summed E-state index contributed by atoms with van der Waals surface area (Å²) in [7, 11) is 0. The fourth-order valence-electron chi connectivity index (χ4n) is 5.98. The lowest BCUT2D eigenvalue weighted by molar-refractivity contribution is 0.168. The van der Waals surface area contributed by atoms with Crippen LogP contribution in [0, 0.1) is 0 Å². The molecule has 0 amide bonds. The number of hydrogen-bond acceptors (Lipinski definition) is 3. The summed E-state index contributed by atoms with van der Waals surface area (Å²) < 4.78 is 5.81. The molecule has 2 aromatic carbocycles. The summed E-state index contributed by atoms with van der Waals surface area (Å²) in [6, 6.07) is 17.9. The molecule has 0 fully saturated rings. The molecule has 44 heavy (non-hydrogen) atoms. The zero-order valence-corrected chi connectivity index (χ0v) is 28.9. The Hall–Kier alpha value is -2.42. The predicted molar refractivity (Wildman–Crippen MR) is 196 cm³/mol. The molecule has 0 saturated heterocycles. The molecule has 0 bridgehead atoms. The van der Waals surface area contributed by atoms with Crippen LogP contribution in [0.4, 0.5) is 11.4 Å². The lowest BCUT2D eigenvalue weighted by Crippen LogP contribution is -2.29. The van der Waals surface area contributed by atoms with E-state index in [0.29, 0.717) is 0 Å². The fraction of sp³-hybridized carbons (Fsp3) is 0.659. The Kier molecular flexibility index (Phi) is 23.1. The lowest BCUT2D eigenvalue weighted by Gasteiger charge is -2.19. The first kappa shape index (κ1) is 37.8. The number of benzene rings is 2. The van der Waals surface area contributed by atoms with E-state index in [1.807, 2.05) is 0 Å². The van der Waals surface area contributed by atoms with Crippen LogP contribution in [0.25, 0.3) is 0 Å². The molecule has 2 aromatic rings. The number of aryl methyl sites for hydroxylation is 2. The van der Waals surface area contributed by atoms with Crippen molar-refractivity contribution in [2.24, 2.45) is 0 Å². The van der Waals surface area contributed by atoms with E-state index in [0.717, 1.165) is 24.5 Å². The minimum atomic E-state index is 0.00476. The highest BCUT2D eigenvalue weighted by Crippen LogP contribution is 2.17. The van der Waals surface area contributed by atoms with Crippen LogP contribution in [-0.4, -0.2) is 19.2 Å². The van der Waals surface area contributed by atoms with Gasteiger partial charge in [0.15, 0.2) is 0 Å². The summed E-state index contributed by atoms with van der Waals surface area (Å²) in [5.74, 6) is 0. The van der Waals surface area contributed by atoms with Crippen molar-refractivity contribution < 1.29 is 4.74 Å². The number of rotatable bonds is 30. The highest BCUT2D eigenvalue weighted by molar-refractivity contribution is 5.46. The molecule has 2 rings (SSSR count). The van der Waals surface area contributed by atoms with E-state index < -0.39 is 0 Å². The number of nitrogens with one attached hydrogen (secondary N) is 2. The van der Waals surface area contributed by atoms with Crippen molar-refractivity contribution in [3.8, 4) is 0 Å². The Morgan fingerprint density at radius 3 is 1.14 bits per heavy atom. The van der Waals surface area contributed by atoms with Crippen molar-refractivity contribution in [1.82, 2.24) is 0 Å². The van der Waals surface area contributed by atoms with Gasteiger partial charge in [0.25, 0.3) is 0 Å². The monoisotopic (exact) mass is 605 g/mol. The van der Waals surface area contributed by atoms with Crippen molar-refractivity contribution in [3.63, 3.8) is 0 Å². The number of ether oxygens (including phenoxy) is 1. The maximum atomic E-state index is 5.81. The highest BCUT2D eigenvalue weighted by Gasteiger charge is 2.09. The average molecular weight is 605 g/mol. The summed E-state index contributed by atoms with van der Waals surface area (Å²) in [5, 5.41) is 7.10. The normalized spacial score (nSPS) is 11.2. The first-order valence-electron chi connectivity index (χ1n) is 18.7. The van der Waals surface area contributed by atoms with E-state index in [1.165, 1.54) is 152 Å². The van der Waals surface area contributed by atoms with E-state index in [1.54, 1.807) is 6.26 Å². The van der Waals surface area contributed by atoms with Gasteiger partial charge in [-0.15, -0.1) is 0 Å². The van der Waals surface area contributed by atoms with E-state index in [4.69, 9.17) is 4.74 Å². The van der Waals surface area contributed by atoms with Crippen LogP contribution in [0.5, 0.6) is 0 Å². The summed E-state index contributed by atoms with van der Waals surface area (Å²) >= 11 is 0. The van der Waals surface area contributed by atoms with Gasteiger partial charge in [-0.25, -0.2) is 0 Å². The third-order valence-corrected chi connectivity index (χ3v) is 8.90. The predicted octanol–water partition coefficient (Wildman–Crippen LogP) is 12.7. The van der Waals surface area contributed by atoms with Gasteiger partial charge in [-0.3, -0.25) is 0 Å². The van der Waals surface area contributed by atoms with Crippen LogP contribution in [0.15, 0.2) is 61.4 Å². The number of anilines is 2. The SMILES string of the molecule is C=COC(CNc1ccc(CCCCCCCCCCCC)cc1)CNc1ccc(CCCCCCCCCCCC)cc1. The zero-order valence-electron chi connectivity index (χ0n) is 28.9. The molecular formula is C41H68N2O. The highest BCUT2D eigenvalue weighted by atomic mass is 16.5. The molecule has 0 unspecified atom stereocenters. The molecule has 2 N–H and O–H groups in total. The van der Waals surface area contributed by atoms with Crippen molar-refractivity contribution in [1.29, 1.82) is 0 Å². The van der Waals surface area contributed by atoms with Gasteiger partial charge in [0.1, 0.15) is 6.10 Å². The minimum absolute atomic E-state index is 0.00476. The van der Waals surface area contributed by atoms with Crippen LogP contribution in [0.3, 0.4) is 0 Å². The molecule has 0 radical (unpaired) electrons. The number of unbranched alkanes of at least 4 members (excludes halogenated alkanes) is 18. The molecule has 248 valence electrons. The van der Waals surface area contributed by atoms with Crippen molar-refractivity contribution >= 4 is 11.4 Å². The third kappa shape index (κ3) is 19.8. The fourth-order valence-corrected chi connectivity index (χ4v) is 5.98. The molecular weight excluding hydrogens is 536 g/mol. The van der Waals surface area contributed by atoms with Crippen LogP contribution in [0.1, 0.15) is 153 Å². The van der Waals surface area contributed by atoms with Crippen LogP contribution in [-0.2, 0) is 17.6 Å². The van der Waals surface area contributed by atoms with Crippen molar-refractivity contribution in [2.75, 3.05) is 23.7 Å². The summed E-state index contributed by atoms with van der Waals surface area (Å²) in [5.41, 5.74) is 5.16. The van der Waals surface area contributed by atoms with Gasteiger partial charge in [-0.2, -0.15) is 0 Å². The number of hydrogen-bond donors (Lipinski definition) is 2. The first-order valence-corrected chi connectivity index (χ1v) is 18.7. The molecule has 3 nitrogen and oxygen atoms in total. The van der Waals surface area contributed by atoms with E-state index >= 15 is 0 Å². The zero-order chi connectivity index (χ0) is 31.3. The molecule has 0 aliphatic rings. The summed E-state index contributed by atoms with van der Waals surface area (Å²) in [6.45, 7) is 9.83. The molecule has 0 aromatic heterocycles. The minimum Gasteiger partial charge on any atom is -0.495 e. The molecule has 0 saturated carbocycles. The molecule has 0 aliphatic heterocycles. The Labute approximate surface area is 273 Å². The topological polar surface area (TPSA) is 33.3 Å². The summed E-state index contributed by atoms with van der Waals surface area (Å²) in [4.78, 5) is 0. The van der Waals surface area contributed by atoms with Gasteiger partial charge in [-0.1, -0.05) is 160 Å². The van der Waals surface area contributed by atoms with Gasteiger partial charge in [0.05, 0.1) is 19.4 Å². The molecule has 3 heteroatoms. The Morgan fingerprint density at radius 1 is 0.500 bits per heavy atom. The molecule has 0 spiro atoms. The Bertz CT molecular complexity index is 836. The largest absolute Gasteiger partial charge is 0.495 e. The second-order valence-corrected chi connectivity index (χ2v) is 12.9. The van der Waals surface area contributed by atoms with Gasteiger partial charge < -0.3 is 15.4 Å². The maximum Gasteiger partial charge on any atom is 0.132 e. The van der Waals surface area contributed by atoms with Gasteiger partial charge in [0.2, 0.25) is 0 Å². The maximum absolute atomic E-state index is 5.81. The molecule has 0 heterocycles. The van der Waals surface area contributed by atoms with Gasteiger partial charge in [-0.05, 0) is 61.1 Å². The second-order valence-electron chi connectivity index (χ2n) is 12.9. The van der Waals surface area contributed by atoms with E-state index in [9.17, 15) is 0 Å². The smallest absolute Gasteiger partial charge is 0.132 e. The standard InChI is InChI=1S/C41H68N2O/c1-4-7-9-11-13-15-17-19-21-23-25-37-27-31-39(32-28-37)42-35-41(44-6-3)36-43-40-33-29-38(30-34-40)26-24-22-20-18-16-14-12-10-8-5-2/h6,27-34,41-43H,3-5,7-26,35-36H2,1-2H3. The van der Waals surface area contributed by atoms with Crippen molar-refractivity contribution in [2.45, 2.75) is 161 Å². The first-order chi connectivity index (χ1) is 21.7. The van der Waals surface area contributed by atoms with Gasteiger partial charge in [0, 0.05) is 11.4 Å².